The summed E-state index contributed by atoms with van der Waals surface area (Å²) in [6, 6.07) is 0.644. The maximum Gasteiger partial charge on any atom is 0.156 e. The third kappa shape index (κ3) is 2.65. The first-order valence-corrected chi connectivity index (χ1v) is 8.09. The van der Waals surface area contributed by atoms with Crippen LogP contribution in [0.4, 0.5) is 4.39 Å². The third-order valence-corrected chi connectivity index (χ3v) is 5.03. The van der Waals surface area contributed by atoms with Gasteiger partial charge in [0, 0.05) is 31.5 Å². The largest absolute Gasteiger partial charge is 0.311 e. The Hall–Kier alpha value is -0.460. The van der Waals surface area contributed by atoms with Gasteiger partial charge in [0.2, 0.25) is 0 Å². The lowest BCUT2D eigenvalue weighted by molar-refractivity contribution is 0.0757. The summed E-state index contributed by atoms with van der Waals surface area (Å²) in [5.41, 5.74) is -0.517. The van der Waals surface area contributed by atoms with Gasteiger partial charge in [-0.1, -0.05) is 0 Å². The quantitative estimate of drug-likeness (QED) is 0.909. The van der Waals surface area contributed by atoms with Crippen LogP contribution in [-0.4, -0.2) is 47.4 Å². The molecule has 2 bridgehead atoms. The van der Waals surface area contributed by atoms with E-state index in [4.69, 9.17) is 0 Å². The molecule has 2 saturated heterocycles. The fraction of sp³-hybridized carbons (Fsp3) is 0.786. The molecule has 1 N–H and O–H groups in total. The number of rotatable bonds is 4. The van der Waals surface area contributed by atoms with Gasteiger partial charge < -0.3 is 10.2 Å². The predicted molar refractivity (Wildman–Crippen MR) is 80.4 cm³/mol. The van der Waals surface area contributed by atoms with Crippen molar-refractivity contribution in [1.82, 2.24) is 20.0 Å². The molecule has 2 aliphatic heterocycles. The molecule has 0 spiro atoms. The number of aromatic nitrogens is 2. The second-order valence-electron chi connectivity index (χ2n) is 6.38. The molecule has 3 rings (SSSR count). The van der Waals surface area contributed by atoms with Crippen LogP contribution < -0.4 is 5.32 Å². The molecule has 0 saturated carbocycles. The number of fused-ring (bicyclic) bond motifs is 2. The van der Waals surface area contributed by atoms with E-state index in [2.05, 4.69) is 31.2 Å². The third-order valence-electron chi connectivity index (χ3n) is 4.45. The van der Waals surface area contributed by atoms with Gasteiger partial charge in [-0.15, -0.1) is 0 Å². The second-order valence-corrected chi connectivity index (χ2v) is 7.23. The molecule has 1 aromatic rings. The maximum absolute atomic E-state index is 15.6. The Morgan fingerprint density at radius 3 is 2.70 bits per heavy atom. The highest BCUT2D eigenvalue weighted by atomic mass is 79.9. The summed E-state index contributed by atoms with van der Waals surface area (Å²) < 4.78 is 18.2. The number of likely N-dealkylation sites (N-methyl/N-ethyl adjacent to an activating group) is 1. The summed E-state index contributed by atoms with van der Waals surface area (Å²) in [7, 11) is 4.04. The van der Waals surface area contributed by atoms with E-state index >= 15 is 4.39 Å². The number of nitrogens with one attached hydrogen (secondary N) is 1. The van der Waals surface area contributed by atoms with Crippen LogP contribution in [-0.2, 0) is 12.2 Å². The van der Waals surface area contributed by atoms with Crippen molar-refractivity contribution < 1.29 is 4.39 Å². The van der Waals surface area contributed by atoms with Gasteiger partial charge in [-0.05, 0) is 42.9 Å². The van der Waals surface area contributed by atoms with Gasteiger partial charge in [-0.2, -0.15) is 5.10 Å². The molecular formula is C14H22BrFN4. The van der Waals surface area contributed by atoms with Crippen LogP contribution in [0.15, 0.2) is 10.7 Å². The molecule has 1 aromatic heterocycles. The van der Waals surface area contributed by atoms with Crippen molar-refractivity contribution >= 4 is 15.9 Å². The minimum atomic E-state index is -1.25. The summed E-state index contributed by atoms with van der Waals surface area (Å²) in [5, 5.41) is 7.86. The van der Waals surface area contributed by atoms with E-state index in [1.54, 1.807) is 6.20 Å². The van der Waals surface area contributed by atoms with Gasteiger partial charge in [0.25, 0.3) is 0 Å². The zero-order valence-corrected chi connectivity index (χ0v) is 13.7. The van der Waals surface area contributed by atoms with E-state index in [-0.39, 0.29) is 0 Å². The second kappa shape index (κ2) is 5.39. The van der Waals surface area contributed by atoms with Gasteiger partial charge in [-0.25, -0.2) is 4.39 Å². The standard InChI is InChI=1S/C14H22BrFN4/c1-19(2)5-6-20-13(12(15)9-17-20)14(16)7-10-3-4-11(8-14)18-10/h9-11,18H,3-8H2,1-2H3. The van der Waals surface area contributed by atoms with E-state index in [0.717, 1.165) is 36.1 Å². The molecule has 2 fully saturated rings. The van der Waals surface area contributed by atoms with Crippen LogP contribution >= 0.6 is 15.9 Å². The number of halogens is 2. The lowest BCUT2D eigenvalue weighted by Gasteiger charge is -2.35. The average Bonchev–Trinajstić information content (AvgIpc) is 2.90. The zero-order chi connectivity index (χ0) is 14.3. The fourth-order valence-electron chi connectivity index (χ4n) is 3.55. The summed E-state index contributed by atoms with van der Waals surface area (Å²) in [5.74, 6) is 0. The number of piperidine rings is 1. The highest BCUT2D eigenvalue weighted by Gasteiger charge is 2.47. The number of hydrogen-bond donors (Lipinski definition) is 1. The van der Waals surface area contributed by atoms with E-state index in [9.17, 15) is 0 Å². The van der Waals surface area contributed by atoms with E-state index < -0.39 is 5.67 Å². The van der Waals surface area contributed by atoms with Crippen LogP contribution in [0.25, 0.3) is 0 Å². The SMILES string of the molecule is CN(C)CCn1ncc(Br)c1C1(F)CC2CCC(C1)N2. The van der Waals surface area contributed by atoms with Crippen LogP contribution in [0.2, 0.25) is 0 Å². The van der Waals surface area contributed by atoms with Crippen molar-refractivity contribution in [1.29, 1.82) is 0 Å². The molecule has 0 amide bonds. The van der Waals surface area contributed by atoms with Crippen LogP contribution in [0.1, 0.15) is 31.4 Å². The highest BCUT2D eigenvalue weighted by molar-refractivity contribution is 9.10. The van der Waals surface area contributed by atoms with Crippen molar-refractivity contribution in [2.45, 2.75) is 50.0 Å². The van der Waals surface area contributed by atoms with Crippen molar-refractivity contribution in [3.05, 3.63) is 16.4 Å². The minimum absolute atomic E-state index is 0.322. The molecule has 2 unspecified atom stereocenters. The molecule has 3 heterocycles. The monoisotopic (exact) mass is 344 g/mol. The van der Waals surface area contributed by atoms with Gasteiger partial charge in [-0.3, -0.25) is 4.68 Å². The Morgan fingerprint density at radius 2 is 2.10 bits per heavy atom. The first kappa shape index (κ1) is 14.5. The summed E-state index contributed by atoms with van der Waals surface area (Å²) in [4.78, 5) is 2.09. The molecule has 2 aliphatic rings. The van der Waals surface area contributed by atoms with Crippen molar-refractivity contribution in [2.75, 3.05) is 20.6 Å². The Balaban J connectivity index is 1.87. The summed E-state index contributed by atoms with van der Waals surface area (Å²) in [6.45, 7) is 1.59. The van der Waals surface area contributed by atoms with Gasteiger partial charge in [0.05, 0.1) is 22.9 Å². The van der Waals surface area contributed by atoms with Crippen molar-refractivity contribution in [3.63, 3.8) is 0 Å². The van der Waals surface area contributed by atoms with Gasteiger partial charge >= 0.3 is 0 Å². The first-order chi connectivity index (χ1) is 9.48. The Morgan fingerprint density at radius 1 is 1.45 bits per heavy atom. The molecule has 112 valence electrons. The maximum atomic E-state index is 15.6. The Bertz CT molecular complexity index is 476. The molecule has 6 heteroatoms. The smallest absolute Gasteiger partial charge is 0.156 e. The topological polar surface area (TPSA) is 33.1 Å². The summed E-state index contributed by atoms with van der Waals surface area (Å²) in [6.07, 6.45) is 5.06. The van der Waals surface area contributed by atoms with Crippen LogP contribution in [0, 0.1) is 0 Å². The molecular weight excluding hydrogens is 323 g/mol. The van der Waals surface area contributed by atoms with Crippen LogP contribution in [0.3, 0.4) is 0 Å². The first-order valence-electron chi connectivity index (χ1n) is 7.29. The minimum Gasteiger partial charge on any atom is -0.311 e. The normalized spacial score (nSPS) is 33.0. The summed E-state index contributed by atoms with van der Waals surface area (Å²) >= 11 is 3.50. The Labute approximate surface area is 127 Å². The fourth-order valence-corrected chi connectivity index (χ4v) is 4.21. The van der Waals surface area contributed by atoms with E-state index in [0.29, 0.717) is 24.9 Å². The van der Waals surface area contributed by atoms with E-state index in [1.807, 2.05) is 18.8 Å². The highest BCUT2D eigenvalue weighted by Crippen LogP contribution is 2.45. The number of alkyl halides is 1. The molecule has 0 aromatic carbocycles. The zero-order valence-electron chi connectivity index (χ0n) is 12.1. The molecule has 20 heavy (non-hydrogen) atoms. The lowest BCUT2D eigenvalue weighted by Crippen LogP contribution is -2.45. The van der Waals surface area contributed by atoms with Gasteiger partial charge in [0.15, 0.2) is 5.67 Å². The lowest BCUT2D eigenvalue weighted by atomic mass is 9.86. The van der Waals surface area contributed by atoms with E-state index in [1.165, 1.54) is 0 Å². The van der Waals surface area contributed by atoms with Crippen molar-refractivity contribution in [3.8, 4) is 0 Å². The van der Waals surface area contributed by atoms with Gasteiger partial charge in [0.1, 0.15) is 0 Å². The van der Waals surface area contributed by atoms with Crippen molar-refractivity contribution in [2.24, 2.45) is 0 Å². The number of hydrogen-bond acceptors (Lipinski definition) is 3. The van der Waals surface area contributed by atoms with Crippen LogP contribution in [0.5, 0.6) is 0 Å². The number of nitrogens with zero attached hydrogens (tertiary/aromatic N) is 3. The Kier molecular flexibility index (Phi) is 3.90. The molecule has 2 atom stereocenters. The molecule has 0 aliphatic carbocycles. The molecule has 0 radical (unpaired) electrons. The average molecular weight is 345 g/mol. The predicted octanol–water partition coefficient (Wildman–Crippen LogP) is 2.29. The molecule has 4 nitrogen and oxygen atoms in total.